The maximum absolute atomic E-state index is 8.85. The Morgan fingerprint density at radius 1 is 1.13 bits per heavy atom. The van der Waals surface area contributed by atoms with Crippen molar-refractivity contribution < 1.29 is 4.74 Å². The summed E-state index contributed by atoms with van der Waals surface area (Å²) in [6.45, 7) is 0.490. The zero-order valence-electron chi connectivity index (χ0n) is 12.3. The van der Waals surface area contributed by atoms with Gasteiger partial charge in [-0.3, -0.25) is 10.4 Å². The largest absolute Gasteiger partial charge is 0.489 e. The molecule has 0 fully saturated rings. The average molecular weight is 302 g/mol. The highest BCUT2D eigenvalue weighted by Crippen LogP contribution is 2.13. The Kier molecular flexibility index (Phi) is 5.62. The lowest BCUT2D eigenvalue weighted by Gasteiger charge is -2.06. The van der Waals surface area contributed by atoms with Crippen LogP contribution >= 0.6 is 0 Å². The summed E-state index contributed by atoms with van der Waals surface area (Å²) in [4.78, 5) is 3.93. The summed E-state index contributed by atoms with van der Waals surface area (Å²) in [6, 6.07) is 19.4. The molecule has 23 heavy (non-hydrogen) atoms. The number of nitrogens with zero attached hydrogens (tertiary/aromatic N) is 3. The highest BCUT2D eigenvalue weighted by molar-refractivity contribution is 6.03. The van der Waals surface area contributed by atoms with E-state index in [0.29, 0.717) is 6.61 Å². The van der Waals surface area contributed by atoms with Gasteiger partial charge in [0.25, 0.3) is 0 Å². The molecule has 0 aliphatic heterocycles. The number of benzene rings is 2. The van der Waals surface area contributed by atoms with Crippen LogP contribution in [0.4, 0.5) is 0 Å². The minimum Gasteiger partial charge on any atom is -0.489 e. The second-order valence-corrected chi connectivity index (χ2v) is 4.68. The molecular formula is C18H14N4O. The van der Waals surface area contributed by atoms with Gasteiger partial charge < -0.3 is 4.74 Å². The van der Waals surface area contributed by atoms with Crippen molar-refractivity contribution in [3.05, 3.63) is 65.7 Å². The molecule has 2 rings (SSSR count). The Morgan fingerprint density at radius 3 is 2.43 bits per heavy atom. The van der Waals surface area contributed by atoms with Crippen LogP contribution in [0, 0.1) is 28.1 Å². The van der Waals surface area contributed by atoms with Gasteiger partial charge in [0.15, 0.2) is 6.04 Å². The van der Waals surface area contributed by atoms with Crippen molar-refractivity contribution in [2.24, 2.45) is 4.99 Å². The molecule has 5 heteroatoms. The van der Waals surface area contributed by atoms with E-state index in [4.69, 9.17) is 20.7 Å². The van der Waals surface area contributed by atoms with Crippen molar-refractivity contribution >= 4 is 11.9 Å². The Hall–Kier alpha value is -3.44. The van der Waals surface area contributed by atoms with E-state index in [-0.39, 0.29) is 5.71 Å². The maximum atomic E-state index is 8.85. The summed E-state index contributed by atoms with van der Waals surface area (Å²) >= 11 is 0. The van der Waals surface area contributed by atoms with Gasteiger partial charge in [0.05, 0.1) is 6.07 Å². The van der Waals surface area contributed by atoms with Crippen molar-refractivity contribution in [3.63, 3.8) is 0 Å². The molecule has 0 bridgehead atoms. The van der Waals surface area contributed by atoms with Crippen LogP contribution in [0.1, 0.15) is 11.1 Å². The molecule has 0 aromatic heterocycles. The molecule has 1 unspecified atom stereocenters. The first-order chi connectivity index (χ1) is 11.2. The van der Waals surface area contributed by atoms with Crippen molar-refractivity contribution in [3.8, 4) is 17.9 Å². The van der Waals surface area contributed by atoms with Crippen LogP contribution in [0.25, 0.3) is 0 Å². The second kappa shape index (κ2) is 8.11. The topological polar surface area (TPSA) is 93.0 Å². The number of hydrogen-bond donors (Lipinski definition) is 1. The van der Waals surface area contributed by atoms with Crippen LogP contribution in [0.5, 0.6) is 5.75 Å². The van der Waals surface area contributed by atoms with Gasteiger partial charge >= 0.3 is 0 Å². The smallest absolute Gasteiger partial charge is 0.187 e. The van der Waals surface area contributed by atoms with Crippen LogP contribution in [-0.2, 0) is 6.61 Å². The molecule has 0 heterocycles. The van der Waals surface area contributed by atoms with Crippen molar-refractivity contribution in [1.82, 2.24) is 0 Å². The van der Waals surface area contributed by atoms with Gasteiger partial charge in [0, 0.05) is 6.21 Å². The summed E-state index contributed by atoms with van der Waals surface area (Å²) < 4.78 is 5.68. The summed E-state index contributed by atoms with van der Waals surface area (Å²) in [6.07, 6.45) is 1.47. The van der Waals surface area contributed by atoms with E-state index in [2.05, 4.69) is 4.99 Å². The van der Waals surface area contributed by atoms with Crippen LogP contribution in [0.3, 0.4) is 0 Å². The number of ether oxygens (including phenoxy) is 1. The Morgan fingerprint density at radius 2 is 1.83 bits per heavy atom. The molecule has 0 radical (unpaired) electrons. The molecule has 0 aliphatic carbocycles. The summed E-state index contributed by atoms with van der Waals surface area (Å²) in [5.74, 6) is 0.729. The van der Waals surface area contributed by atoms with E-state index < -0.39 is 6.04 Å². The first-order valence-electron chi connectivity index (χ1n) is 6.91. The van der Waals surface area contributed by atoms with E-state index in [0.717, 1.165) is 16.9 Å². The first-order valence-corrected chi connectivity index (χ1v) is 6.91. The first kappa shape index (κ1) is 15.9. The summed E-state index contributed by atoms with van der Waals surface area (Å²) in [5.41, 5.74) is 1.49. The van der Waals surface area contributed by atoms with E-state index >= 15 is 0 Å². The molecule has 2 aromatic rings. The Labute approximate surface area is 134 Å². The van der Waals surface area contributed by atoms with Gasteiger partial charge in [-0.05, 0) is 35.4 Å². The van der Waals surface area contributed by atoms with Gasteiger partial charge in [0.1, 0.15) is 24.1 Å². The standard InChI is InChI=1S/C18H14N4O/c19-10-17(21)18(11-20)22-12-14-6-8-16(9-7-14)23-13-15-4-2-1-3-5-15/h1-9,12,18,21H,13H2. The zero-order valence-corrected chi connectivity index (χ0v) is 12.3. The minimum atomic E-state index is -1.06. The lowest BCUT2D eigenvalue weighted by Crippen LogP contribution is -2.13. The normalized spacial score (nSPS) is 11.4. The van der Waals surface area contributed by atoms with Crippen LogP contribution in [-0.4, -0.2) is 18.0 Å². The minimum absolute atomic E-state index is 0.369. The monoisotopic (exact) mass is 302 g/mol. The summed E-state index contributed by atoms with van der Waals surface area (Å²) in [7, 11) is 0. The molecule has 2 aromatic carbocycles. The number of rotatable bonds is 6. The zero-order chi connectivity index (χ0) is 16.5. The fourth-order valence-electron chi connectivity index (χ4n) is 1.79. The Balaban J connectivity index is 1.96. The number of aliphatic imine (C=N–C) groups is 1. The molecule has 0 saturated carbocycles. The van der Waals surface area contributed by atoms with E-state index in [1.165, 1.54) is 6.21 Å². The predicted molar refractivity (Wildman–Crippen MR) is 87.6 cm³/mol. The lowest BCUT2D eigenvalue weighted by molar-refractivity contribution is 0.306. The van der Waals surface area contributed by atoms with Gasteiger partial charge in [-0.15, -0.1) is 0 Å². The third-order valence-corrected chi connectivity index (χ3v) is 3.02. The molecule has 112 valence electrons. The fraction of sp³-hybridized carbons (Fsp3) is 0.111. The van der Waals surface area contributed by atoms with Crippen molar-refractivity contribution in [1.29, 1.82) is 15.9 Å². The fourth-order valence-corrected chi connectivity index (χ4v) is 1.79. The predicted octanol–water partition coefficient (Wildman–Crippen LogP) is 3.12. The van der Waals surface area contributed by atoms with Crippen molar-refractivity contribution in [2.75, 3.05) is 0 Å². The quantitative estimate of drug-likeness (QED) is 0.831. The number of hydrogen-bond acceptors (Lipinski definition) is 5. The highest BCUT2D eigenvalue weighted by Gasteiger charge is 2.09. The highest BCUT2D eigenvalue weighted by atomic mass is 16.5. The summed E-state index contributed by atoms with van der Waals surface area (Å²) in [5, 5.41) is 24.8. The molecular weight excluding hydrogens is 288 g/mol. The molecule has 0 aliphatic rings. The maximum Gasteiger partial charge on any atom is 0.187 e. The molecule has 1 N–H and O–H groups in total. The molecule has 0 spiro atoms. The third kappa shape index (κ3) is 4.80. The number of nitriles is 2. The number of nitrogens with one attached hydrogen (secondary N) is 1. The molecule has 0 saturated heterocycles. The van der Waals surface area contributed by atoms with Crippen LogP contribution in [0.2, 0.25) is 0 Å². The van der Waals surface area contributed by atoms with Gasteiger partial charge in [0.2, 0.25) is 0 Å². The van der Waals surface area contributed by atoms with Crippen LogP contribution < -0.4 is 4.74 Å². The Bertz CT molecular complexity index is 767. The van der Waals surface area contributed by atoms with E-state index in [1.54, 1.807) is 36.4 Å². The molecule has 0 amide bonds. The van der Waals surface area contributed by atoms with Gasteiger partial charge in [-0.1, -0.05) is 30.3 Å². The van der Waals surface area contributed by atoms with Crippen LogP contribution in [0.15, 0.2) is 59.6 Å². The SMILES string of the molecule is N#CC(=N)C(C#N)N=Cc1ccc(OCc2ccccc2)cc1. The second-order valence-electron chi connectivity index (χ2n) is 4.68. The average Bonchev–Trinajstić information content (AvgIpc) is 2.62. The van der Waals surface area contributed by atoms with E-state index in [9.17, 15) is 0 Å². The van der Waals surface area contributed by atoms with Gasteiger partial charge in [-0.25, -0.2) is 0 Å². The molecule has 1 atom stereocenters. The lowest BCUT2D eigenvalue weighted by atomic mass is 10.2. The van der Waals surface area contributed by atoms with Crippen molar-refractivity contribution in [2.45, 2.75) is 12.6 Å². The van der Waals surface area contributed by atoms with Gasteiger partial charge in [-0.2, -0.15) is 10.5 Å². The molecule has 5 nitrogen and oxygen atoms in total. The van der Waals surface area contributed by atoms with E-state index in [1.807, 2.05) is 30.3 Å². The third-order valence-electron chi connectivity index (χ3n) is 3.02.